The number of aromatic nitrogens is 2. The van der Waals surface area contributed by atoms with Crippen molar-refractivity contribution in [1.82, 2.24) is 9.13 Å². The molecule has 9 heteroatoms. The standard InChI is InChI=1S/C20H23ClN4O4/c1-22-17(10-5-13-3-6-14(21)7-4-13)23-29-12-11-25-19(27)15-8-9-16(26)18(15)24(2)20(25)28/h3-4,6-7,16,26H,1,5,8-12H2,2H3/b23-17-. The van der Waals surface area contributed by atoms with E-state index in [1.165, 1.54) is 4.57 Å². The zero-order chi connectivity index (χ0) is 21.0. The molecule has 0 bridgehead atoms. The molecule has 0 saturated heterocycles. The van der Waals surface area contributed by atoms with E-state index in [2.05, 4.69) is 16.9 Å². The Morgan fingerprint density at radius 3 is 2.76 bits per heavy atom. The van der Waals surface area contributed by atoms with E-state index in [9.17, 15) is 14.7 Å². The van der Waals surface area contributed by atoms with Gasteiger partial charge in [0.2, 0.25) is 0 Å². The van der Waals surface area contributed by atoms with E-state index < -0.39 is 11.8 Å². The molecule has 0 amide bonds. The Kier molecular flexibility index (Phi) is 6.66. The molecule has 0 radical (unpaired) electrons. The summed E-state index contributed by atoms with van der Waals surface area (Å²) in [4.78, 5) is 34.1. The van der Waals surface area contributed by atoms with Gasteiger partial charge in [-0.3, -0.25) is 13.9 Å². The number of halogens is 1. The minimum absolute atomic E-state index is 0.0381. The van der Waals surface area contributed by atoms with Gasteiger partial charge < -0.3 is 9.94 Å². The number of amidine groups is 1. The second-order valence-electron chi connectivity index (χ2n) is 6.84. The highest BCUT2D eigenvalue weighted by atomic mass is 35.5. The van der Waals surface area contributed by atoms with E-state index in [-0.39, 0.29) is 18.7 Å². The molecule has 0 aliphatic heterocycles. The summed E-state index contributed by atoms with van der Waals surface area (Å²) in [6.45, 7) is 3.59. The lowest BCUT2D eigenvalue weighted by Gasteiger charge is -2.13. The topological polar surface area (TPSA) is 98.2 Å². The quantitative estimate of drug-likeness (QED) is 0.321. The Balaban J connectivity index is 1.61. The van der Waals surface area contributed by atoms with Crippen LogP contribution in [0.5, 0.6) is 0 Å². The molecule has 1 aliphatic carbocycles. The van der Waals surface area contributed by atoms with Gasteiger partial charge >= 0.3 is 5.69 Å². The van der Waals surface area contributed by atoms with E-state index in [1.807, 2.05) is 24.3 Å². The molecule has 1 atom stereocenters. The van der Waals surface area contributed by atoms with Crippen LogP contribution in [0.25, 0.3) is 0 Å². The van der Waals surface area contributed by atoms with Crippen molar-refractivity contribution in [3.05, 3.63) is 66.9 Å². The number of aliphatic imine (C=N–C) groups is 1. The maximum absolute atomic E-state index is 12.6. The first-order chi connectivity index (χ1) is 13.9. The van der Waals surface area contributed by atoms with Crippen molar-refractivity contribution in [2.45, 2.75) is 38.3 Å². The lowest BCUT2D eigenvalue weighted by molar-refractivity contribution is 0.132. The highest BCUT2D eigenvalue weighted by Gasteiger charge is 2.28. The van der Waals surface area contributed by atoms with Crippen molar-refractivity contribution < 1.29 is 9.94 Å². The van der Waals surface area contributed by atoms with Gasteiger partial charge in [0.15, 0.2) is 5.84 Å². The molecule has 3 rings (SSSR count). The third-order valence-electron chi connectivity index (χ3n) is 4.98. The summed E-state index contributed by atoms with van der Waals surface area (Å²) in [6.07, 6.45) is 1.37. The molecule has 1 N–H and O–H groups in total. The first-order valence-corrected chi connectivity index (χ1v) is 9.70. The van der Waals surface area contributed by atoms with Crippen molar-refractivity contribution in [3.8, 4) is 0 Å². The molecule has 0 fully saturated rings. The zero-order valence-electron chi connectivity index (χ0n) is 16.2. The van der Waals surface area contributed by atoms with Gasteiger partial charge in [0.25, 0.3) is 5.56 Å². The highest BCUT2D eigenvalue weighted by Crippen LogP contribution is 2.26. The minimum atomic E-state index is -0.771. The van der Waals surface area contributed by atoms with Crippen molar-refractivity contribution in [2.24, 2.45) is 17.2 Å². The molecule has 29 heavy (non-hydrogen) atoms. The summed E-state index contributed by atoms with van der Waals surface area (Å²) in [5.74, 6) is 0.428. The van der Waals surface area contributed by atoms with E-state index >= 15 is 0 Å². The number of oxime groups is 1. The molecule has 8 nitrogen and oxygen atoms in total. The SMILES string of the molecule is C=N/C(CCc1ccc(Cl)cc1)=N\OCCn1c(=O)c2c(n(C)c1=O)C(O)CC2. The van der Waals surface area contributed by atoms with Crippen LogP contribution >= 0.6 is 11.6 Å². The number of aliphatic hydroxyl groups excluding tert-OH is 1. The van der Waals surface area contributed by atoms with Crippen LogP contribution in [0.2, 0.25) is 5.02 Å². The normalized spacial score (nSPS) is 16.0. The van der Waals surface area contributed by atoms with Crippen LogP contribution in [0, 0.1) is 0 Å². The number of rotatable bonds is 7. The number of hydrogen-bond donors (Lipinski definition) is 1. The highest BCUT2D eigenvalue weighted by molar-refractivity contribution is 6.30. The number of aliphatic hydroxyl groups is 1. The number of hydrogen-bond acceptors (Lipinski definition) is 5. The first-order valence-electron chi connectivity index (χ1n) is 9.33. The number of fused-ring (bicyclic) bond motifs is 1. The summed E-state index contributed by atoms with van der Waals surface area (Å²) in [7, 11) is 1.56. The predicted molar refractivity (Wildman–Crippen MR) is 112 cm³/mol. The van der Waals surface area contributed by atoms with Gasteiger partial charge in [-0.05, 0) is 43.7 Å². The molecule has 0 spiro atoms. The molecule has 1 aromatic heterocycles. The average Bonchev–Trinajstić information content (AvgIpc) is 3.11. The van der Waals surface area contributed by atoms with Gasteiger partial charge in [-0.25, -0.2) is 9.79 Å². The summed E-state index contributed by atoms with van der Waals surface area (Å²) in [5, 5.41) is 14.6. The van der Waals surface area contributed by atoms with E-state index in [1.54, 1.807) is 7.05 Å². The molecule has 154 valence electrons. The van der Waals surface area contributed by atoms with E-state index in [0.29, 0.717) is 47.8 Å². The van der Waals surface area contributed by atoms with Crippen LogP contribution in [0.3, 0.4) is 0 Å². The van der Waals surface area contributed by atoms with Crippen LogP contribution in [-0.4, -0.2) is 33.4 Å². The van der Waals surface area contributed by atoms with Gasteiger partial charge in [0, 0.05) is 24.1 Å². The van der Waals surface area contributed by atoms with Crippen molar-refractivity contribution in [2.75, 3.05) is 6.61 Å². The fourth-order valence-electron chi connectivity index (χ4n) is 3.43. The second kappa shape index (κ2) is 9.19. The summed E-state index contributed by atoms with van der Waals surface area (Å²) in [5.41, 5.74) is 1.13. The van der Waals surface area contributed by atoms with Crippen LogP contribution in [0.15, 0.2) is 44.0 Å². The molecule has 2 aromatic rings. The summed E-state index contributed by atoms with van der Waals surface area (Å²) in [6, 6.07) is 7.49. The summed E-state index contributed by atoms with van der Waals surface area (Å²) < 4.78 is 2.45. The molecular formula is C20H23ClN4O4. The van der Waals surface area contributed by atoms with Gasteiger partial charge in [-0.2, -0.15) is 0 Å². The predicted octanol–water partition coefficient (Wildman–Crippen LogP) is 1.84. The maximum atomic E-state index is 12.6. The Hall–Kier alpha value is -2.71. The number of nitrogens with zero attached hydrogens (tertiary/aromatic N) is 4. The van der Waals surface area contributed by atoms with Crippen LogP contribution in [0.4, 0.5) is 0 Å². The van der Waals surface area contributed by atoms with Crippen LogP contribution in [0.1, 0.15) is 35.8 Å². The fourth-order valence-corrected chi connectivity index (χ4v) is 3.56. The molecule has 1 aromatic carbocycles. The van der Waals surface area contributed by atoms with Gasteiger partial charge in [-0.15, -0.1) is 0 Å². The fraction of sp³-hybridized carbons (Fsp3) is 0.400. The second-order valence-corrected chi connectivity index (χ2v) is 7.28. The lowest BCUT2D eigenvalue weighted by Crippen LogP contribution is -2.42. The average molecular weight is 419 g/mol. The maximum Gasteiger partial charge on any atom is 0.331 e. The molecule has 0 saturated carbocycles. The Morgan fingerprint density at radius 2 is 2.07 bits per heavy atom. The van der Waals surface area contributed by atoms with E-state index in [0.717, 1.165) is 10.1 Å². The number of aryl methyl sites for hydroxylation is 1. The largest absolute Gasteiger partial charge is 0.392 e. The van der Waals surface area contributed by atoms with Crippen molar-refractivity contribution in [3.63, 3.8) is 0 Å². The Bertz CT molecular complexity index is 1040. The Morgan fingerprint density at radius 1 is 1.34 bits per heavy atom. The van der Waals surface area contributed by atoms with Gasteiger partial charge in [0.05, 0.1) is 18.3 Å². The lowest BCUT2D eigenvalue weighted by atomic mass is 10.1. The smallest absolute Gasteiger partial charge is 0.331 e. The third kappa shape index (κ3) is 4.65. The monoisotopic (exact) mass is 418 g/mol. The first kappa shape index (κ1) is 21.0. The Labute approximate surface area is 172 Å². The van der Waals surface area contributed by atoms with E-state index in [4.69, 9.17) is 16.4 Å². The minimum Gasteiger partial charge on any atom is -0.392 e. The molecule has 1 unspecified atom stereocenters. The molecule has 1 heterocycles. The van der Waals surface area contributed by atoms with Gasteiger partial charge in [-0.1, -0.05) is 28.9 Å². The zero-order valence-corrected chi connectivity index (χ0v) is 16.9. The summed E-state index contributed by atoms with van der Waals surface area (Å²) >= 11 is 5.87. The number of benzene rings is 1. The molecule has 1 aliphatic rings. The molecular weight excluding hydrogens is 396 g/mol. The van der Waals surface area contributed by atoms with Gasteiger partial charge in [0.1, 0.15) is 6.61 Å². The van der Waals surface area contributed by atoms with Crippen LogP contribution < -0.4 is 11.2 Å². The van der Waals surface area contributed by atoms with Crippen LogP contribution in [-0.2, 0) is 31.3 Å². The van der Waals surface area contributed by atoms with Crippen molar-refractivity contribution in [1.29, 1.82) is 0 Å². The van der Waals surface area contributed by atoms with Crippen molar-refractivity contribution >= 4 is 24.2 Å². The third-order valence-corrected chi connectivity index (χ3v) is 5.24.